The van der Waals surface area contributed by atoms with Gasteiger partial charge in [-0.2, -0.15) is 4.99 Å². The van der Waals surface area contributed by atoms with E-state index in [1.165, 1.54) is 93.3 Å². The Hall–Kier alpha value is -2.33. The summed E-state index contributed by atoms with van der Waals surface area (Å²) in [7, 11) is 0. The number of rotatable bonds is 20. The first-order chi connectivity index (χ1) is 21.1. The van der Waals surface area contributed by atoms with Crippen molar-refractivity contribution in [2.75, 3.05) is 13.1 Å². The van der Waals surface area contributed by atoms with Crippen molar-refractivity contribution in [1.82, 2.24) is 10.2 Å². The minimum absolute atomic E-state index is 0.100. The number of nitrogens with one attached hydrogen (secondary N) is 2. The molecule has 1 heterocycles. The molecule has 0 spiro atoms. The second kappa shape index (κ2) is 20.7. The van der Waals surface area contributed by atoms with E-state index < -0.39 is 10.9 Å². The van der Waals surface area contributed by atoms with Crippen LogP contribution in [0.15, 0.2) is 34.2 Å². The molecule has 2 N–H and O–H groups in total. The van der Waals surface area contributed by atoms with Crippen LogP contribution >= 0.6 is 23.5 Å². The highest BCUT2D eigenvalue weighted by atomic mass is 32.2. The molecular weight excluding hydrogens is 593 g/mol. The van der Waals surface area contributed by atoms with Crippen LogP contribution in [0.5, 0.6) is 0 Å². The van der Waals surface area contributed by atoms with Crippen molar-refractivity contribution >= 4 is 52.0 Å². The molecule has 0 aliphatic carbocycles. The zero-order valence-corrected chi connectivity index (χ0v) is 29.1. The molecule has 1 aliphatic heterocycles. The van der Waals surface area contributed by atoms with Crippen LogP contribution in [0.1, 0.15) is 128 Å². The number of esters is 1. The fourth-order valence-corrected chi connectivity index (χ4v) is 6.80. The smallest absolute Gasteiger partial charge is 0.308 e. The summed E-state index contributed by atoms with van der Waals surface area (Å²) in [5, 5.41) is 10.3. The van der Waals surface area contributed by atoms with E-state index in [1.807, 2.05) is 27.7 Å². The van der Waals surface area contributed by atoms with E-state index in [4.69, 9.17) is 10.1 Å². The summed E-state index contributed by atoms with van der Waals surface area (Å²) in [4.78, 5) is 45.8. The number of amides is 2. The highest BCUT2D eigenvalue weighted by molar-refractivity contribution is 8.15. The summed E-state index contributed by atoms with van der Waals surface area (Å²) in [5.74, 6) is -0.871. The lowest BCUT2D eigenvalue weighted by Gasteiger charge is -2.25. The van der Waals surface area contributed by atoms with Crippen LogP contribution in [0, 0.1) is 5.41 Å². The van der Waals surface area contributed by atoms with Gasteiger partial charge in [-0.1, -0.05) is 101 Å². The van der Waals surface area contributed by atoms with Crippen molar-refractivity contribution in [3.63, 3.8) is 0 Å². The van der Waals surface area contributed by atoms with E-state index in [-0.39, 0.29) is 36.8 Å². The van der Waals surface area contributed by atoms with Gasteiger partial charge in [0.25, 0.3) is 5.91 Å². The number of carbonyl (C=O) groups excluding carboxylic acids is 3. The first kappa shape index (κ1) is 37.9. The second-order valence-corrected chi connectivity index (χ2v) is 14.5. The highest BCUT2D eigenvalue weighted by Crippen LogP contribution is 2.33. The van der Waals surface area contributed by atoms with Gasteiger partial charge in [-0.15, -0.1) is 0 Å². The third kappa shape index (κ3) is 14.6. The molecule has 44 heavy (non-hydrogen) atoms. The predicted molar refractivity (Wildman–Crippen MR) is 185 cm³/mol. The lowest BCUT2D eigenvalue weighted by Crippen LogP contribution is -2.43. The number of amidine groups is 1. The standard InChI is InChI=1S/C34H54N4O4S2/c1-6-7-8-9-10-11-12-13-14-15-16-17-24-38-26(2)30(32(41)36-23-22-29(39)42-34(3,4)5)44-33(38)37-31(40)27-18-20-28(21-19-27)43-25-35/h18-21,25-26,30,35H,6-17,22-24H2,1-5H3,(H,36,41). The van der Waals surface area contributed by atoms with E-state index in [1.54, 1.807) is 24.3 Å². The Bertz CT molecular complexity index is 1070. The van der Waals surface area contributed by atoms with Crippen LogP contribution in [0.2, 0.25) is 0 Å². The summed E-state index contributed by atoms with van der Waals surface area (Å²) >= 11 is 2.59. The van der Waals surface area contributed by atoms with E-state index >= 15 is 0 Å². The van der Waals surface area contributed by atoms with Gasteiger partial charge in [-0.25, -0.2) is 0 Å². The van der Waals surface area contributed by atoms with Crippen molar-refractivity contribution in [2.24, 2.45) is 4.99 Å². The van der Waals surface area contributed by atoms with Gasteiger partial charge in [-0.3, -0.25) is 14.4 Å². The number of nitrogens with zero attached hydrogens (tertiary/aromatic N) is 2. The number of unbranched alkanes of at least 4 members (excludes halogenated alkanes) is 11. The molecule has 2 amide bonds. The van der Waals surface area contributed by atoms with E-state index in [0.29, 0.717) is 10.7 Å². The summed E-state index contributed by atoms with van der Waals surface area (Å²) < 4.78 is 5.34. The highest BCUT2D eigenvalue weighted by Gasteiger charge is 2.40. The molecule has 1 aliphatic rings. The van der Waals surface area contributed by atoms with Gasteiger partial charge in [0.1, 0.15) is 10.9 Å². The fourth-order valence-electron chi connectivity index (χ4n) is 5.08. The maximum Gasteiger partial charge on any atom is 0.308 e. The predicted octanol–water partition coefficient (Wildman–Crippen LogP) is 8.24. The van der Waals surface area contributed by atoms with Gasteiger partial charge in [0.2, 0.25) is 5.91 Å². The molecule has 1 saturated heterocycles. The van der Waals surface area contributed by atoms with Gasteiger partial charge in [-0.05, 0) is 58.4 Å². The minimum Gasteiger partial charge on any atom is -0.460 e. The van der Waals surface area contributed by atoms with Crippen molar-refractivity contribution in [1.29, 1.82) is 5.41 Å². The lowest BCUT2D eigenvalue weighted by molar-refractivity contribution is -0.154. The molecule has 0 bridgehead atoms. The number of hydrogen-bond acceptors (Lipinski definition) is 7. The Balaban J connectivity index is 1.94. The molecule has 1 fully saturated rings. The van der Waals surface area contributed by atoms with Crippen molar-refractivity contribution < 1.29 is 19.1 Å². The number of thioether (sulfide) groups is 2. The maximum atomic E-state index is 13.2. The molecule has 0 aromatic heterocycles. The number of ether oxygens (including phenoxy) is 1. The number of hydrogen-bond donors (Lipinski definition) is 2. The molecule has 0 saturated carbocycles. The van der Waals surface area contributed by atoms with E-state index in [2.05, 4.69) is 22.1 Å². The Labute approximate surface area is 273 Å². The Morgan fingerprint density at radius 3 is 2.09 bits per heavy atom. The van der Waals surface area contributed by atoms with Crippen molar-refractivity contribution in [3.05, 3.63) is 29.8 Å². The van der Waals surface area contributed by atoms with Gasteiger partial charge in [0.05, 0.1) is 12.0 Å². The van der Waals surface area contributed by atoms with Gasteiger partial charge in [0, 0.05) is 29.6 Å². The van der Waals surface area contributed by atoms with E-state index in [9.17, 15) is 14.4 Å². The Morgan fingerprint density at radius 2 is 1.55 bits per heavy atom. The van der Waals surface area contributed by atoms with Crippen LogP contribution in [0.25, 0.3) is 0 Å². The first-order valence-electron chi connectivity index (χ1n) is 16.4. The molecule has 2 atom stereocenters. The third-order valence-electron chi connectivity index (χ3n) is 7.46. The SMILES string of the molecule is CCCCCCCCCCCCCCN1C(=NC(=O)c2ccc(SC=N)cc2)SC(C(=O)NCCC(=O)OC(C)(C)C)C1C. The van der Waals surface area contributed by atoms with Crippen LogP contribution in [0.3, 0.4) is 0 Å². The lowest BCUT2D eigenvalue weighted by atomic mass is 10.1. The van der Waals surface area contributed by atoms with Gasteiger partial charge >= 0.3 is 5.97 Å². The summed E-state index contributed by atoms with van der Waals surface area (Å²) in [6, 6.07) is 6.90. The topological polar surface area (TPSA) is 112 Å². The molecule has 1 aromatic rings. The number of aliphatic imine (C=N–C) groups is 1. The average molecular weight is 647 g/mol. The molecule has 10 heteroatoms. The molecule has 1 aromatic carbocycles. The van der Waals surface area contributed by atoms with Crippen molar-refractivity contribution in [2.45, 2.75) is 140 Å². The quantitative estimate of drug-likeness (QED) is 0.0482. The van der Waals surface area contributed by atoms with Gasteiger partial charge < -0.3 is 20.4 Å². The average Bonchev–Trinajstić information content (AvgIpc) is 3.27. The first-order valence-corrected chi connectivity index (χ1v) is 18.1. The minimum atomic E-state index is -0.567. The second-order valence-electron chi connectivity index (χ2n) is 12.4. The molecule has 8 nitrogen and oxygen atoms in total. The molecule has 2 unspecified atom stereocenters. The number of carbonyl (C=O) groups is 3. The van der Waals surface area contributed by atoms with Crippen LogP contribution < -0.4 is 5.32 Å². The maximum absolute atomic E-state index is 13.2. The third-order valence-corrected chi connectivity index (χ3v) is 9.52. The summed E-state index contributed by atoms with van der Waals surface area (Å²) in [6.07, 6.45) is 15.3. The normalized spacial score (nSPS) is 17.6. The number of benzene rings is 1. The monoisotopic (exact) mass is 646 g/mol. The largest absolute Gasteiger partial charge is 0.460 e. The Kier molecular flexibility index (Phi) is 17.8. The Morgan fingerprint density at radius 1 is 0.977 bits per heavy atom. The van der Waals surface area contributed by atoms with E-state index in [0.717, 1.165) is 24.3 Å². The summed E-state index contributed by atoms with van der Waals surface area (Å²) in [6.45, 7) is 10.6. The molecule has 0 radical (unpaired) electrons. The zero-order chi connectivity index (χ0) is 32.4. The molecular formula is C34H54N4O4S2. The van der Waals surface area contributed by atoms with Crippen LogP contribution in [-0.4, -0.2) is 63.4 Å². The molecule has 246 valence electrons. The van der Waals surface area contributed by atoms with Crippen LogP contribution in [0.4, 0.5) is 0 Å². The fraction of sp³-hybridized carbons (Fsp3) is 0.676. The van der Waals surface area contributed by atoms with Crippen LogP contribution in [-0.2, 0) is 14.3 Å². The van der Waals surface area contributed by atoms with Crippen molar-refractivity contribution in [3.8, 4) is 0 Å². The van der Waals surface area contributed by atoms with Gasteiger partial charge in [0.15, 0.2) is 5.17 Å². The summed E-state index contributed by atoms with van der Waals surface area (Å²) in [5.41, 5.74) is 1.15. The molecule has 2 rings (SSSR count). The zero-order valence-electron chi connectivity index (χ0n) is 27.5.